The maximum Gasteiger partial charge on any atom is 0.0936 e. The molecule has 0 atom stereocenters. The Kier molecular flexibility index (Phi) is 5.77. The first-order valence-corrected chi connectivity index (χ1v) is 9.87. The second kappa shape index (κ2) is 8.80. The molecule has 146 valence electrons. The summed E-state index contributed by atoms with van der Waals surface area (Å²) in [6.07, 6.45) is 4.73. The van der Waals surface area contributed by atoms with Crippen LogP contribution in [0.15, 0.2) is 83.3 Å². The second-order valence-corrected chi connectivity index (χ2v) is 7.34. The van der Waals surface area contributed by atoms with E-state index in [0.717, 1.165) is 58.1 Å². The van der Waals surface area contributed by atoms with E-state index in [1.807, 2.05) is 42.6 Å². The number of benzene rings is 3. The van der Waals surface area contributed by atoms with Crippen LogP contribution in [0.5, 0.6) is 0 Å². The van der Waals surface area contributed by atoms with E-state index in [2.05, 4.69) is 63.8 Å². The molecule has 5 heteroatoms. The van der Waals surface area contributed by atoms with Crippen LogP contribution in [0.2, 0.25) is 0 Å². The van der Waals surface area contributed by atoms with Gasteiger partial charge >= 0.3 is 0 Å². The number of azo groups is 1. The maximum absolute atomic E-state index is 4.59. The Labute approximate surface area is 171 Å². The van der Waals surface area contributed by atoms with Crippen LogP contribution in [0, 0.1) is 0 Å². The zero-order valence-electron chi connectivity index (χ0n) is 16.8. The van der Waals surface area contributed by atoms with Crippen molar-refractivity contribution in [1.82, 2.24) is 9.88 Å². The van der Waals surface area contributed by atoms with Gasteiger partial charge in [0, 0.05) is 46.2 Å². The number of nitrogens with zero attached hydrogens (tertiary/aromatic N) is 4. The van der Waals surface area contributed by atoms with Crippen molar-refractivity contribution >= 4 is 38.6 Å². The fraction of sp³-hybridized carbons (Fsp3) is 0.208. The Hall–Kier alpha value is -3.31. The molecule has 4 rings (SSSR count). The molecule has 1 aromatic heterocycles. The average Bonchev–Trinajstić information content (AvgIpc) is 2.75. The third-order valence-electron chi connectivity index (χ3n) is 4.92. The lowest BCUT2D eigenvalue weighted by atomic mass is 10.1. The standard InChI is InChI=1S/C24H25N5/c1-29(2)16-6-14-26-22-11-12-24(21-9-4-3-8-20(21)22)28-27-23-10-5-7-18-17-25-15-13-19(18)23/h3-5,7-13,15,17,26H,6,14,16H2,1-2H3. The van der Waals surface area contributed by atoms with Crippen LogP contribution in [-0.4, -0.2) is 37.1 Å². The molecule has 5 nitrogen and oxygen atoms in total. The fourth-order valence-corrected chi connectivity index (χ4v) is 3.44. The SMILES string of the molecule is CN(C)CCCNc1ccc(N=Nc2cccc3cnccc23)c2ccccc12. The summed E-state index contributed by atoms with van der Waals surface area (Å²) in [6, 6.07) is 20.4. The summed E-state index contributed by atoms with van der Waals surface area (Å²) in [6.45, 7) is 2.00. The van der Waals surface area contributed by atoms with E-state index in [1.54, 1.807) is 6.20 Å². The molecule has 0 saturated heterocycles. The zero-order chi connectivity index (χ0) is 20.1. The van der Waals surface area contributed by atoms with Crippen molar-refractivity contribution in [3.8, 4) is 0 Å². The number of aromatic nitrogens is 1. The molecule has 0 aliphatic rings. The summed E-state index contributed by atoms with van der Waals surface area (Å²) in [4.78, 5) is 6.38. The van der Waals surface area contributed by atoms with E-state index < -0.39 is 0 Å². The van der Waals surface area contributed by atoms with Gasteiger partial charge in [0.25, 0.3) is 0 Å². The lowest BCUT2D eigenvalue weighted by Crippen LogP contribution is -2.16. The lowest BCUT2D eigenvalue weighted by Gasteiger charge is -2.13. The van der Waals surface area contributed by atoms with Gasteiger partial charge in [0.2, 0.25) is 0 Å². The van der Waals surface area contributed by atoms with Crippen molar-refractivity contribution < 1.29 is 0 Å². The van der Waals surface area contributed by atoms with Crippen molar-refractivity contribution in [3.63, 3.8) is 0 Å². The van der Waals surface area contributed by atoms with Gasteiger partial charge in [-0.2, -0.15) is 0 Å². The van der Waals surface area contributed by atoms with E-state index in [4.69, 9.17) is 0 Å². The van der Waals surface area contributed by atoms with Crippen LogP contribution in [0.1, 0.15) is 6.42 Å². The highest BCUT2D eigenvalue weighted by atomic mass is 15.1. The molecule has 0 unspecified atom stereocenters. The van der Waals surface area contributed by atoms with Gasteiger partial charge in [-0.05, 0) is 51.3 Å². The maximum atomic E-state index is 4.59. The smallest absolute Gasteiger partial charge is 0.0936 e. The largest absolute Gasteiger partial charge is 0.384 e. The molecule has 29 heavy (non-hydrogen) atoms. The van der Waals surface area contributed by atoms with Crippen molar-refractivity contribution in [2.75, 3.05) is 32.5 Å². The van der Waals surface area contributed by atoms with Gasteiger partial charge in [0.1, 0.15) is 0 Å². The molecular weight excluding hydrogens is 358 g/mol. The number of rotatable bonds is 7. The van der Waals surface area contributed by atoms with Gasteiger partial charge in [-0.1, -0.05) is 36.4 Å². The Bertz CT molecular complexity index is 1150. The Morgan fingerprint density at radius 2 is 1.62 bits per heavy atom. The fourth-order valence-electron chi connectivity index (χ4n) is 3.44. The molecule has 0 bridgehead atoms. The first-order valence-electron chi connectivity index (χ1n) is 9.87. The lowest BCUT2D eigenvalue weighted by molar-refractivity contribution is 0.405. The van der Waals surface area contributed by atoms with E-state index in [-0.39, 0.29) is 0 Å². The molecular formula is C24H25N5. The number of nitrogens with one attached hydrogen (secondary N) is 1. The quantitative estimate of drug-likeness (QED) is 0.307. The highest BCUT2D eigenvalue weighted by molar-refractivity contribution is 6.01. The molecule has 0 aliphatic carbocycles. The highest BCUT2D eigenvalue weighted by Gasteiger charge is 2.06. The molecule has 1 heterocycles. The molecule has 3 aromatic carbocycles. The summed E-state index contributed by atoms with van der Waals surface area (Å²) >= 11 is 0. The minimum absolute atomic E-state index is 0.847. The van der Waals surface area contributed by atoms with Crippen molar-refractivity contribution in [1.29, 1.82) is 0 Å². The molecule has 0 radical (unpaired) electrons. The number of anilines is 1. The van der Waals surface area contributed by atoms with Gasteiger partial charge in [-0.25, -0.2) is 0 Å². The summed E-state index contributed by atoms with van der Waals surface area (Å²) in [5.41, 5.74) is 2.85. The van der Waals surface area contributed by atoms with Gasteiger partial charge in [-0.3, -0.25) is 4.98 Å². The average molecular weight is 383 g/mol. The Morgan fingerprint density at radius 3 is 2.45 bits per heavy atom. The third kappa shape index (κ3) is 4.41. The van der Waals surface area contributed by atoms with Gasteiger partial charge in [0.15, 0.2) is 0 Å². The minimum atomic E-state index is 0.847. The molecule has 1 N–H and O–H groups in total. The third-order valence-corrected chi connectivity index (χ3v) is 4.92. The van der Waals surface area contributed by atoms with Crippen LogP contribution in [0.25, 0.3) is 21.5 Å². The summed E-state index contributed by atoms with van der Waals surface area (Å²) in [7, 11) is 4.20. The summed E-state index contributed by atoms with van der Waals surface area (Å²) in [5, 5.41) is 17.1. The molecule has 0 aliphatic heterocycles. The Morgan fingerprint density at radius 1 is 0.828 bits per heavy atom. The number of fused-ring (bicyclic) bond motifs is 2. The van der Waals surface area contributed by atoms with E-state index in [1.165, 1.54) is 0 Å². The van der Waals surface area contributed by atoms with Gasteiger partial charge in [0.05, 0.1) is 11.4 Å². The van der Waals surface area contributed by atoms with Crippen LogP contribution in [0.3, 0.4) is 0 Å². The zero-order valence-corrected chi connectivity index (χ0v) is 16.8. The van der Waals surface area contributed by atoms with Crippen molar-refractivity contribution in [2.24, 2.45) is 10.2 Å². The van der Waals surface area contributed by atoms with E-state index in [9.17, 15) is 0 Å². The summed E-state index contributed by atoms with van der Waals surface area (Å²) < 4.78 is 0. The van der Waals surface area contributed by atoms with Crippen LogP contribution in [0.4, 0.5) is 17.1 Å². The molecule has 0 saturated carbocycles. The number of hydrogen-bond donors (Lipinski definition) is 1. The normalized spacial score (nSPS) is 11.7. The highest BCUT2D eigenvalue weighted by Crippen LogP contribution is 2.34. The molecule has 0 fully saturated rings. The molecule has 0 spiro atoms. The van der Waals surface area contributed by atoms with Crippen LogP contribution in [-0.2, 0) is 0 Å². The van der Waals surface area contributed by atoms with E-state index in [0.29, 0.717) is 0 Å². The molecule has 0 amide bonds. The Balaban J connectivity index is 1.63. The number of hydrogen-bond acceptors (Lipinski definition) is 5. The number of pyridine rings is 1. The second-order valence-electron chi connectivity index (χ2n) is 7.34. The van der Waals surface area contributed by atoms with Gasteiger partial charge < -0.3 is 10.2 Å². The summed E-state index contributed by atoms with van der Waals surface area (Å²) in [5.74, 6) is 0. The van der Waals surface area contributed by atoms with Gasteiger partial charge in [-0.15, -0.1) is 10.2 Å². The first kappa shape index (κ1) is 19.0. The first-order chi connectivity index (χ1) is 14.2. The minimum Gasteiger partial charge on any atom is -0.384 e. The van der Waals surface area contributed by atoms with Crippen LogP contribution >= 0.6 is 0 Å². The topological polar surface area (TPSA) is 52.9 Å². The van der Waals surface area contributed by atoms with E-state index >= 15 is 0 Å². The predicted molar refractivity (Wildman–Crippen MR) is 122 cm³/mol. The van der Waals surface area contributed by atoms with Crippen LogP contribution < -0.4 is 5.32 Å². The van der Waals surface area contributed by atoms with Crippen molar-refractivity contribution in [3.05, 3.63) is 73.1 Å². The predicted octanol–water partition coefficient (Wildman–Crippen LogP) is 6.17. The monoisotopic (exact) mass is 383 g/mol. The van der Waals surface area contributed by atoms with Crippen molar-refractivity contribution in [2.45, 2.75) is 6.42 Å². The molecule has 4 aromatic rings.